The fraction of sp³-hybridized carbons (Fsp3) is 0.200. The lowest BCUT2D eigenvalue weighted by Gasteiger charge is -2.01. The fourth-order valence-electron chi connectivity index (χ4n) is 1.07. The van der Waals surface area contributed by atoms with Crippen LogP contribution in [0.1, 0.15) is 23.2 Å². The zero-order chi connectivity index (χ0) is 11.4. The quantitative estimate of drug-likeness (QED) is 0.859. The van der Waals surface area contributed by atoms with Crippen LogP contribution in [0, 0.1) is 5.82 Å². The van der Waals surface area contributed by atoms with Gasteiger partial charge in [0, 0.05) is 10.9 Å². The number of benzene rings is 1. The highest BCUT2D eigenvalue weighted by Gasteiger charge is 2.13. The van der Waals surface area contributed by atoms with E-state index in [-0.39, 0.29) is 18.4 Å². The molecule has 15 heavy (non-hydrogen) atoms. The van der Waals surface area contributed by atoms with Crippen molar-refractivity contribution < 1.29 is 19.1 Å². The van der Waals surface area contributed by atoms with Crippen LogP contribution in [-0.4, -0.2) is 16.9 Å². The molecule has 5 heteroatoms. The predicted molar refractivity (Wildman–Crippen MR) is 55.3 cm³/mol. The monoisotopic (exact) mass is 274 g/mol. The average molecular weight is 275 g/mol. The molecule has 0 aliphatic rings. The number of carbonyl (C=O) groups excluding carboxylic acids is 1. The molecule has 0 amide bonds. The van der Waals surface area contributed by atoms with Gasteiger partial charge in [-0.15, -0.1) is 0 Å². The Kier molecular flexibility index (Phi) is 3.96. The summed E-state index contributed by atoms with van der Waals surface area (Å²) >= 11 is 3.11. The molecule has 3 nitrogen and oxygen atoms in total. The molecule has 1 aromatic carbocycles. The molecule has 1 aromatic rings. The first-order chi connectivity index (χ1) is 7.00. The molecule has 0 spiro atoms. The van der Waals surface area contributed by atoms with Gasteiger partial charge >= 0.3 is 5.97 Å². The first-order valence-electron chi connectivity index (χ1n) is 4.20. The molecule has 0 bridgehead atoms. The predicted octanol–water partition coefficient (Wildman–Crippen LogP) is 2.64. The van der Waals surface area contributed by atoms with E-state index < -0.39 is 17.6 Å². The number of halogens is 2. The van der Waals surface area contributed by atoms with Gasteiger partial charge in [-0.3, -0.25) is 9.59 Å². The van der Waals surface area contributed by atoms with Crippen LogP contribution in [0.15, 0.2) is 22.7 Å². The Labute approximate surface area is 94.0 Å². The van der Waals surface area contributed by atoms with Crippen molar-refractivity contribution in [3.05, 3.63) is 34.1 Å². The molecular weight excluding hydrogens is 267 g/mol. The number of carboxylic acids is 1. The minimum Gasteiger partial charge on any atom is -0.481 e. The lowest BCUT2D eigenvalue weighted by Crippen LogP contribution is -2.05. The maximum absolute atomic E-state index is 13.2. The highest BCUT2D eigenvalue weighted by atomic mass is 79.9. The molecule has 0 fully saturated rings. The van der Waals surface area contributed by atoms with E-state index in [1.807, 2.05) is 0 Å². The number of Topliss-reactive ketones (excluding diaryl/α,β-unsaturated/α-hetero) is 1. The number of hydrogen-bond donors (Lipinski definition) is 1. The van der Waals surface area contributed by atoms with Gasteiger partial charge < -0.3 is 5.11 Å². The van der Waals surface area contributed by atoms with E-state index in [0.29, 0.717) is 4.47 Å². The molecule has 0 saturated heterocycles. The maximum Gasteiger partial charge on any atom is 0.303 e. The molecule has 1 N–H and O–H groups in total. The Morgan fingerprint density at radius 1 is 1.33 bits per heavy atom. The van der Waals surface area contributed by atoms with Crippen LogP contribution in [0.2, 0.25) is 0 Å². The van der Waals surface area contributed by atoms with Gasteiger partial charge in [0.25, 0.3) is 0 Å². The van der Waals surface area contributed by atoms with E-state index in [9.17, 15) is 14.0 Å². The number of aliphatic carboxylic acids is 1. The molecule has 0 saturated carbocycles. The summed E-state index contributed by atoms with van der Waals surface area (Å²) in [5.74, 6) is -2.21. The zero-order valence-corrected chi connectivity index (χ0v) is 9.25. The first kappa shape index (κ1) is 11.8. The minimum atomic E-state index is -1.07. The molecule has 80 valence electrons. The summed E-state index contributed by atoms with van der Waals surface area (Å²) in [6, 6.07) is 3.99. The van der Waals surface area contributed by atoms with Gasteiger partial charge in [0.05, 0.1) is 12.0 Å². The standard InChI is InChI=1S/C10H8BrFO3/c11-6-1-2-8(12)7(5-6)9(13)3-4-10(14)15/h1-2,5H,3-4H2,(H,14,15). The number of carbonyl (C=O) groups is 2. The second-order valence-electron chi connectivity index (χ2n) is 2.94. The smallest absolute Gasteiger partial charge is 0.303 e. The van der Waals surface area contributed by atoms with E-state index in [4.69, 9.17) is 5.11 Å². The van der Waals surface area contributed by atoms with Crippen molar-refractivity contribution in [2.45, 2.75) is 12.8 Å². The van der Waals surface area contributed by atoms with Crippen LogP contribution < -0.4 is 0 Å². The molecule has 0 aliphatic heterocycles. The first-order valence-corrected chi connectivity index (χ1v) is 5.00. The van der Waals surface area contributed by atoms with E-state index in [1.165, 1.54) is 12.1 Å². The molecule has 0 atom stereocenters. The third-order valence-electron chi connectivity index (χ3n) is 1.79. The van der Waals surface area contributed by atoms with Crippen LogP contribution in [0.5, 0.6) is 0 Å². The number of ketones is 1. The minimum absolute atomic E-state index is 0.0781. The summed E-state index contributed by atoms with van der Waals surface area (Å²) in [6.07, 6.45) is -0.479. The molecule has 1 rings (SSSR count). The van der Waals surface area contributed by atoms with Gasteiger partial charge in [0.2, 0.25) is 0 Å². The van der Waals surface area contributed by atoms with Gasteiger partial charge in [0.1, 0.15) is 5.82 Å². The Hall–Kier alpha value is -1.23. The third-order valence-corrected chi connectivity index (χ3v) is 2.29. The normalized spacial score (nSPS) is 10.0. The topological polar surface area (TPSA) is 54.4 Å². The van der Waals surface area contributed by atoms with Crippen molar-refractivity contribution in [1.29, 1.82) is 0 Å². The largest absolute Gasteiger partial charge is 0.481 e. The van der Waals surface area contributed by atoms with Crippen LogP contribution in [0.25, 0.3) is 0 Å². The summed E-state index contributed by atoms with van der Waals surface area (Å²) < 4.78 is 13.7. The van der Waals surface area contributed by atoms with Gasteiger partial charge in [-0.25, -0.2) is 4.39 Å². The number of hydrogen-bond acceptors (Lipinski definition) is 2. The van der Waals surface area contributed by atoms with Crippen molar-refractivity contribution in [2.75, 3.05) is 0 Å². The second kappa shape index (κ2) is 5.02. The van der Waals surface area contributed by atoms with Crippen LogP contribution in [-0.2, 0) is 4.79 Å². The van der Waals surface area contributed by atoms with Crippen LogP contribution >= 0.6 is 15.9 Å². The molecule has 0 radical (unpaired) electrons. The summed E-state index contributed by atoms with van der Waals surface area (Å²) in [5.41, 5.74) is -0.0781. The van der Waals surface area contributed by atoms with Crippen molar-refractivity contribution in [2.24, 2.45) is 0 Å². The van der Waals surface area contributed by atoms with Crippen molar-refractivity contribution >= 4 is 27.7 Å². The van der Waals surface area contributed by atoms with Crippen LogP contribution in [0.3, 0.4) is 0 Å². The van der Waals surface area contributed by atoms with E-state index in [1.54, 1.807) is 0 Å². The van der Waals surface area contributed by atoms with Gasteiger partial charge in [-0.1, -0.05) is 15.9 Å². The maximum atomic E-state index is 13.2. The Morgan fingerprint density at radius 3 is 2.60 bits per heavy atom. The number of rotatable bonds is 4. The highest BCUT2D eigenvalue weighted by Crippen LogP contribution is 2.17. The fourth-order valence-corrected chi connectivity index (χ4v) is 1.43. The van der Waals surface area contributed by atoms with Crippen molar-refractivity contribution in [3.8, 4) is 0 Å². The Bertz CT molecular complexity index is 404. The summed E-state index contributed by atoms with van der Waals surface area (Å²) in [5, 5.41) is 8.38. The molecular formula is C10H8BrFO3. The average Bonchev–Trinajstić information content (AvgIpc) is 2.18. The summed E-state index contributed by atoms with van der Waals surface area (Å²) in [6.45, 7) is 0. The summed E-state index contributed by atoms with van der Waals surface area (Å²) in [7, 11) is 0. The SMILES string of the molecule is O=C(O)CCC(=O)c1cc(Br)ccc1F. The van der Waals surface area contributed by atoms with Gasteiger partial charge in [-0.2, -0.15) is 0 Å². The zero-order valence-electron chi connectivity index (χ0n) is 7.67. The number of carboxylic acid groups (broad SMARTS) is 1. The van der Waals surface area contributed by atoms with E-state index in [2.05, 4.69) is 15.9 Å². The lowest BCUT2D eigenvalue weighted by molar-refractivity contribution is -0.136. The summed E-state index contributed by atoms with van der Waals surface area (Å²) in [4.78, 5) is 21.6. The highest BCUT2D eigenvalue weighted by molar-refractivity contribution is 9.10. The van der Waals surface area contributed by atoms with Gasteiger partial charge in [0.15, 0.2) is 5.78 Å². The molecule has 0 aromatic heterocycles. The Balaban J connectivity index is 2.81. The van der Waals surface area contributed by atoms with Gasteiger partial charge in [-0.05, 0) is 18.2 Å². The molecule has 0 unspecified atom stereocenters. The Morgan fingerprint density at radius 2 is 2.00 bits per heavy atom. The molecule has 0 aliphatic carbocycles. The van der Waals surface area contributed by atoms with Crippen molar-refractivity contribution in [1.82, 2.24) is 0 Å². The molecule has 0 heterocycles. The second-order valence-corrected chi connectivity index (χ2v) is 3.86. The third kappa shape index (κ3) is 3.43. The van der Waals surface area contributed by atoms with E-state index in [0.717, 1.165) is 6.07 Å². The lowest BCUT2D eigenvalue weighted by atomic mass is 10.1. The van der Waals surface area contributed by atoms with Crippen molar-refractivity contribution in [3.63, 3.8) is 0 Å². The van der Waals surface area contributed by atoms with Crippen LogP contribution in [0.4, 0.5) is 4.39 Å². The van der Waals surface area contributed by atoms with E-state index >= 15 is 0 Å².